The molecule has 1 atom stereocenters. The summed E-state index contributed by atoms with van der Waals surface area (Å²) in [6, 6.07) is 1.86. The molecule has 4 nitrogen and oxygen atoms in total. The molecule has 1 amide bonds. The molecule has 0 saturated heterocycles. The first-order valence-electron chi connectivity index (χ1n) is 5.35. The Balaban J connectivity index is 0.00000256. The van der Waals surface area contributed by atoms with Crippen LogP contribution in [0.4, 0.5) is 0 Å². The predicted octanol–water partition coefficient (Wildman–Crippen LogP) is 1.32. The van der Waals surface area contributed by atoms with Crippen LogP contribution in [0, 0.1) is 0 Å². The van der Waals surface area contributed by atoms with E-state index >= 15 is 0 Å². The number of nitrogens with one attached hydrogen (secondary N) is 2. The molecule has 1 aromatic rings. The molecule has 0 spiro atoms. The number of amides is 1. The fourth-order valence-corrected chi connectivity index (χ4v) is 2.01. The van der Waals surface area contributed by atoms with Gasteiger partial charge >= 0.3 is 0 Å². The van der Waals surface area contributed by atoms with Gasteiger partial charge in [0.1, 0.15) is 0 Å². The van der Waals surface area contributed by atoms with Gasteiger partial charge in [0.25, 0.3) is 0 Å². The number of thiophene rings is 1. The lowest BCUT2D eigenvalue weighted by molar-refractivity contribution is -0.121. The van der Waals surface area contributed by atoms with Crippen LogP contribution in [0.15, 0.2) is 16.8 Å². The van der Waals surface area contributed by atoms with E-state index in [2.05, 4.69) is 10.6 Å². The molecule has 0 radical (unpaired) electrons. The van der Waals surface area contributed by atoms with Crippen LogP contribution < -0.4 is 10.6 Å². The van der Waals surface area contributed by atoms with E-state index < -0.39 is 6.10 Å². The van der Waals surface area contributed by atoms with E-state index in [9.17, 15) is 9.90 Å². The van der Waals surface area contributed by atoms with Gasteiger partial charge in [-0.15, -0.1) is 12.4 Å². The maximum absolute atomic E-state index is 11.3. The molecular formula is C11H19ClN2O2S. The molecule has 6 heteroatoms. The van der Waals surface area contributed by atoms with Crippen LogP contribution in [0.3, 0.4) is 0 Å². The maximum atomic E-state index is 11.3. The van der Waals surface area contributed by atoms with Gasteiger partial charge in [0, 0.05) is 13.0 Å². The SMILES string of the molecule is CNCCCC(=O)NCC(O)c1ccsc1.Cl. The molecule has 0 saturated carbocycles. The average Bonchev–Trinajstić information content (AvgIpc) is 2.79. The number of hydrogen-bond acceptors (Lipinski definition) is 4. The van der Waals surface area contributed by atoms with Crippen molar-refractivity contribution in [1.29, 1.82) is 0 Å². The number of halogens is 1. The summed E-state index contributed by atoms with van der Waals surface area (Å²) in [5.74, 6) is -0.00969. The molecule has 0 bridgehead atoms. The van der Waals surface area contributed by atoms with E-state index in [0.29, 0.717) is 6.42 Å². The van der Waals surface area contributed by atoms with Crippen molar-refractivity contribution in [3.63, 3.8) is 0 Å². The summed E-state index contributed by atoms with van der Waals surface area (Å²) in [7, 11) is 1.86. The van der Waals surface area contributed by atoms with Crippen molar-refractivity contribution in [1.82, 2.24) is 10.6 Å². The van der Waals surface area contributed by atoms with Crippen molar-refractivity contribution in [2.45, 2.75) is 18.9 Å². The van der Waals surface area contributed by atoms with Crippen molar-refractivity contribution in [2.24, 2.45) is 0 Å². The first kappa shape index (κ1) is 16.4. The standard InChI is InChI=1S/C11H18N2O2S.ClH/c1-12-5-2-3-11(15)13-7-10(14)9-4-6-16-8-9;/h4,6,8,10,12,14H,2-3,5,7H2,1H3,(H,13,15);1H. The first-order chi connectivity index (χ1) is 7.74. The van der Waals surface area contributed by atoms with Gasteiger partial charge in [0.05, 0.1) is 6.10 Å². The van der Waals surface area contributed by atoms with E-state index in [-0.39, 0.29) is 24.9 Å². The average molecular weight is 279 g/mol. The fourth-order valence-electron chi connectivity index (χ4n) is 1.31. The highest BCUT2D eigenvalue weighted by molar-refractivity contribution is 7.07. The first-order valence-corrected chi connectivity index (χ1v) is 6.29. The van der Waals surface area contributed by atoms with Crippen LogP contribution in [0.25, 0.3) is 0 Å². The molecule has 0 aliphatic rings. The zero-order valence-electron chi connectivity index (χ0n) is 9.81. The predicted molar refractivity (Wildman–Crippen MR) is 72.7 cm³/mol. The Morgan fingerprint density at radius 1 is 1.59 bits per heavy atom. The van der Waals surface area contributed by atoms with Crippen LogP contribution in [0.5, 0.6) is 0 Å². The van der Waals surface area contributed by atoms with Gasteiger partial charge in [-0.2, -0.15) is 11.3 Å². The number of rotatable bonds is 7. The van der Waals surface area contributed by atoms with Gasteiger partial charge < -0.3 is 15.7 Å². The Hall–Kier alpha value is -0.620. The highest BCUT2D eigenvalue weighted by Crippen LogP contribution is 2.14. The Kier molecular flexibility index (Phi) is 9.07. The Morgan fingerprint density at radius 3 is 2.94 bits per heavy atom. The third-order valence-corrected chi connectivity index (χ3v) is 2.95. The lowest BCUT2D eigenvalue weighted by Gasteiger charge is -2.10. The molecule has 1 heterocycles. The topological polar surface area (TPSA) is 61.4 Å². The molecule has 1 aromatic heterocycles. The van der Waals surface area contributed by atoms with Crippen LogP contribution in [0.1, 0.15) is 24.5 Å². The quantitative estimate of drug-likeness (QED) is 0.659. The Morgan fingerprint density at radius 2 is 2.35 bits per heavy atom. The van der Waals surface area contributed by atoms with Crippen LogP contribution in [-0.2, 0) is 4.79 Å². The second kappa shape index (κ2) is 9.41. The number of carbonyl (C=O) groups excluding carboxylic acids is 1. The van der Waals surface area contributed by atoms with Crippen molar-refractivity contribution in [2.75, 3.05) is 20.1 Å². The van der Waals surface area contributed by atoms with Crippen molar-refractivity contribution in [3.8, 4) is 0 Å². The summed E-state index contributed by atoms with van der Waals surface area (Å²) in [5.41, 5.74) is 0.862. The number of aliphatic hydroxyl groups is 1. The number of hydrogen-bond donors (Lipinski definition) is 3. The molecule has 17 heavy (non-hydrogen) atoms. The monoisotopic (exact) mass is 278 g/mol. The molecule has 0 aliphatic carbocycles. The molecule has 1 unspecified atom stereocenters. The van der Waals surface area contributed by atoms with Crippen molar-refractivity contribution < 1.29 is 9.90 Å². The van der Waals surface area contributed by atoms with Crippen molar-refractivity contribution in [3.05, 3.63) is 22.4 Å². The third-order valence-electron chi connectivity index (χ3n) is 2.25. The van der Waals surface area contributed by atoms with Gasteiger partial charge in [-0.3, -0.25) is 4.79 Å². The zero-order valence-corrected chi connectivity index (χ0v) is 11.4. The summed E-state index contributed by atoms with van der Waals surface area (Å²) >= 11 is 1.54. The molecule has 3 N–H and O–H groups in total. The van der Waals surface area contributed by atoms with Gasteiger partial charge in [-0.1, -0.05) is 0 Å². The minimum Gasteiger partial charge on any atom is -0.387 e. The van der Waals surface area contributed by atoms with Crippen molar-refractivity contribution >= 4 is 29.7 Å². The normalized spacial score (nSPS) is 11.6. The Bertz CT molecular complexity index is 306. The smallest absolute Gasteiger partial charge is 0.220 e. The van der Waals surface area contributed by atoms with Gasteiger partial charge in [-0.05, 0) is 42.4 Å². The van der Waals surface area contributed by atoms with Crippen LogP contribution in [0.2, 0.25) is 0 Å². The van der Waals surface area contributed by atoms with E-state index in [4.69, 9.17) is 0 Å². The highest BCUT2D eigenvalue weighted by atomic mass is 35.5. The number of carbonyl (C=O) groups is 1. The minimum absolute atomic E-state index is 0. The molecule has 0 fully saturated rings. The summed E-state index contributed by atoms with van der Waals surface area (Å²) in [6.07, 6.45) is 0.716. The highest BCUT2D eigenvalue weighted by Gasteiger charge is 2.09. The van der Waals surface area contributed by atoms with Gasteiger partial charge in [0.2, 0.25) is 5.91 Å². The molecule has 0 aromatic carbocycles. The number of aliphatic hydroxyl groups excluding tert-OH is 1. The molecular weight excluding hydrogens is 260 g/mol. The van der Waals surface area contributed by atoms with Gasteiger partial charge in [-0.25, -0.2) is 0 Å². The zero-order chi connectivity index (χ0) is 11.8. The van der Waals surface area contributed by atoms with E-state index in [0.717, 1.165) is 18.5 Å². The second-order valence-electron chi connectivity index (χ2n) is 3.58. The lowest BCUT2D eigenvalue weighted by Crippen LogP contribution is -2.28. The summed E-state index contributed by atoms with van der Waals surface area (Å²) in [4.78, 5) is 11.3. The van der Waals surface area contributed by atoms with Gasteiger partial charge in [0.15, 0.2) is 0 Å². The summed E-state index contributed by atoms with van der Waals surface area (Å²) in [6.45, 7) is 1.12. The third kappa shape index (κ3) is 6.63. The Labute approximate surface area is 112 Å². The maximum Gasteiger partial charge on any atom is 0.220 e. The second-order valence-corrected chi connectivity index (χ2v) is 4.36. The summed E-state index contributed by atoms with van der Waals surface area (Å²) < 4.78 is 0. The van der Waals surface area contributed by atoms with E-state index in [1.54, 1.807) is 0 Å². The largest absolute Gasteiger partial charge is 0.387 e. The van der Waals surface area contributed by atoms with E-state index in [1.807, 2.05) is 23.9 Å². The van der Waals surface area contributed by atoms with E-state index in [1.165, 1.54) is 11.3 Å². The fraction of sp³-hybridized carbons (Fsp3) is 0.545. The minimum atomic E-state index is -0.598. The lowest BCUT2D eigenvalue weighted by atomic mass is 10.2. The molecule has 0 aliphatic heterocycles. The van der Waals surface area contributed by atoms with Crippen LogP contribution >= 0.6 is 23.7 Å². The molecule has 1 rings (SSSR count). The molecule has 98 valence electrons. The van der Waals surface area contributed by atoms with Crippen LogP contribution in [-0.4, -0.2) is 31.2 Å². The summed E-state index contributed by atoms with van der Waals surface area (Å²) in [5, 5.41) is 19.2.